The molecule has 0 aromatic rings. The molecule has 0 rings (SSSR count). The molecule has 0 aromatic carbocycles. The van der Waals surface area contributed by atoms with Gasteiger partial charge in [-0.25, -0.2) is 0 Å². The van der Waals surface area contributed by atoms with Crippen molar-refractivity contribution in [3.8, 4) is 0 Å². The number of hydrogen-bond donors (Lipinski definition) is 2. The van der Waals surface area contributed by atoms with Gasteiger partial charge in [0.05, 0.1) is 6.04 Å². The summed E-state index contributed by atoms with van der Waals surface area (Å²) in [6.45, 7) is 5.60. The number of ketones is 1. The Morgan fingerprint density at radius 1 is 1.38 bits per heavy atom. The number of carboxylic acid groups (broad SMARTS) is 1. The third-order valence-corrected chi connectivity index (χ3v) is 1.19. The zero-order chi connectivity index (χ0) is 10.9. The Labute approximate surface area is 79.1 Å². The second kappa shape index (κ2) is 9.19. The molecule has 78 valence electrons. The summed E-state index contributed by atoms with van der Waals surface area (Å²) in [6, 6.07) is -0.615. The summed E-state index contributed by atoms with van der Waals surface area (Å²) in [5, 5.41) is 8.18. The van der Waals surface area contributed by atoms with Crippen LogP contribution in [0.1, 0.15) is 40.0 Å². The normalized spacial score (nSPS) is 11.1. The smallest absolute Gasteiger partial charge is 0.303 e. The molecule has 3 N–H and O–H groups in total. The van der Waals surface area contributed by atoms with Crippen molar-refractivity contribution in [2.45, 2.75) is 46.1 Å². The highest BCUT2D eigenvalue weighted by atomic mass is 16.4. The van der Waals surface area contributed by atoms with Gasteiger partial charge < -0.3 is 10.8 Å². The van der Waals surface area contributed by atoms with Gasteiger partial charge in [-0.3, -0.25) is 9.59 Å². The maximum absolute atomic E-state index is 10.4. The molecule has 0 radical (unpaired) electrons. The van der Waals surface area contributed by atoms with E-state index in [9.17, 15) is 9.59 Å². The zero-order valence-electron chi connectivity index (χ0n) is 8.54. The molecule has 1 atom stereocenters. The Balaban J connectivity index is 0. The quantitative estimate of drug-likeness (QED) is 0.696. The van der Waals surface area contributed by atoms with Crippen LogP contribution in [0, 0.1) is 0 Å². The van der Waals surface area contributed by atoms with E-state index in [1.165, 1.54) is 13.3 Å². The molecule has 0 aliphatic carbocycles. The maximum Gasteiger partial charge on any atom is 0.303 e. The van der Waals surface area contributed by atoms with E-state index in [0.29, 0.717) is 0 Å². The first-order valence-electron chi connectivity index (χ1n) is 4.43. The van der Waals surface area contributed by atoms with Crippen LogP contribution in [-0.2, 0) is 9.59 Å². The summed E-state index contributed by atoms with van der Waals surface area (Å²) in [5.41, 5.74) is 5.25. The number of hydrogen-bond acceptors (Lipinski definition) is 3. The van der Waals surface area contributed by atoms with Crippen LogP contribution in [0.15, 0.2) is 0 Å². The number of nitrogens with two attached hydrogens (primary N) is 1. The first-order chi connectivity index (χ1) is 5.95. The molecule has 0 spiro atoms. The van der Waals surface area contributed by atoms with Crippen LogP contribution >= 0.6 is 0 Å². The molecule has 13 heavy (non-hydrogen) atoms. The molecular weight excluding hydrogens is 170 g/mol. The van der Waals surface area contributed by atoms with Crippen molar-refractivity contribution < 1.29 is 14.7 Å². The summed E-state index contributed by atoms with van der Waals surface area (Å²) in [6.07, 6.45) is 1.44. The molecule has 4 heteroatoms. The van der Waals surface area contributed by atoms with Crippen molar-refractivity contribution in [3.63, 3.8) is 0 Å². The Hall–Kier alpha value is -0.900. The molecule has 0 saturated carbocycles. The molecular formula is C9H19NO3. The third-order valence-electron chi connectivity index (χ3n) is 1.19. The topological polar surface area (TPSA) is 80.4 Å². The fraction of sp³-hybridized carbons (Fsp3) is 0.778. The van der Waals surface area contributed by atoms with Crippen molar-refractivity contribution in [1.29, 1.82) is 0 Å². The van der Waals surface area contributed by atoms with Gasteiger partial charge in [0.15, 0.2) is 0 Å². The van der Waals surface area contributed by atoms with Crippen LogP contribution in [0.4, 0.5) is 0 Å². The minimum atomic E-state index is -0.920. The molecule has 0 amide bonds. The fourth-order valence-electron chi connectivity index (χ4n) is 0.482. The van der Waals surface area contributed by atoms with E-state index < -0.39 is 12.0 Å². The van der Waals surface area contributed by atoms with Crippen LogP contribution in [-0.4, -0.2) is 22.9 Å². The largest absolute Gasteiger partial charge is 0.481 e. The van der Waals surface area contributed by atoms with Gasteiger partial charge in [0, 0.05) is 6.42 Å². The maximum atomic E-state index is 10.4. The molecule has 4 nitrogen and oxygen atoms in total. The van der Waals surface area contributed by atoms with E-state index in [2.05, 4.69) is 13.8 Å². The summed E-state index contributed by atoms with van der Waals surface area (Å²) < 4.78 is 0. The van der Waals surface area contributed by atoms with Gasteiger partial charge in [0.1, 0.15) is 5.78 Å². The highest BCUT2D eigenvalue weighted by molar-refractivity contribution is 5.81. The van der Waals surface area contributed by atoms with Crippen molar-refractivity contribution >= 4 is 11.8 Å². The summed E-state index contributed by atoms with van der Waals surface area (Å²) in [4.78, 5) is 20.4. The minimum Gasteiger partial charge on any atom is -0.481 e. The average molecular weight is 189 g/mol. The number of aliphatic carboxylic acids is 1. The highest BCUT2D eigenvalue weighted by Crippen LogP contribution is 1.94. The van der Waals surface area contributed by atoms with E-state index >= 15 is 0 Å². The third kappa shape index (κ3) is 14.0. The lowest BCUT2D eigenvalue weighted by Gasteiger charge is -2.03. The highest BCUT2D eigenvalue weighted by Gasteiger charge is 2.09. The van der Waals surface area contributed by atoms with Gasteiger partial charge >= 0.3 is 5.97 Å². The average Bonchev–Trinajstić information content (AvgIpc) is 2.01. The Bertz CT molecular complexity index is 157. The number of rotatable bonds is 4. The SMILES string of the molecule is CC(=O)C(N)CCC(=O)O.CCC. The van der Waals surface area contributed by atoms with E-state index in [4.69, 9.17) is 10.8 Å². The molecule has 0 saturated heterocycles. The van der Waals surface area contributed by atoms with Gasteiger partial charge in [-0.1, -0.05) is 20.3 Å². The molecule has 0 heterocycles. The molecule has 0 bridgehead atoms. The van der Waals surface area contributed by atoms with Gasteiger partial charge in [0.25, 0.3) is 0 Å². The molecule has 0 aliphatic rings. The first kappa shape index (κ1) is 14.6. The molecule has 1 unspecified atom stereocenters. The van der Waals surface area contributed by atoms with Crippen molar-refractivity contribution in [2.75, 3.05) is 0 Å². The first-order valence-corrected chi connectivity index (χ1v) is 4.43. The van der Waals surface area contributed by atoms with Gasteiger partial charge in [0.2, 0.25) is 0 Å². The second-order valence-electron chi connectivity index (χ2n) is 2.86. The zero-order valence-corrected chi connectivity index (χ0v) is 8.54. The van der Waals surface area contributed by atoms with E-state index in [-0.39, 0.29) is 18.6 Å². The van der Waals surface area contributed by atoms with Crippen molar-refractivity contribution in [3.05, 3.63) is 0 Å². The molecule has 0 aromatic heterocycles. The van der Waals surface area contributed by atoms with Gasteiger partial charge in [-0.05, 0) is 13.3 Å². The number of Topliss-reactive ketones (excluding diaryl/α,β-unsaturated/α-hetero) is 1. The van der Waals surface area contributed by atoms with E-state index in [1.54, 1.807) is 0 Å². The Morgan fingerprint density at radius 3 is 2.00 bits per heavy atom. The summed E-state index contributed by atoms with van der Waals surface area (Å²) in [7, 11) is 0. The monoisotopic (exact) mass is 189 g/mol. The lowest BCUT2D eigenvalue weighted by atomic mass is 10.1. The minimum absolute atomic E-state index is 0.0409. The van der Waals surface area contributed by atoms with Crippen LogP contribution < -0.4 is 5.73 Å². The van der Waals surface area contributed by atoms with Gasteiger partial charge in [-0.15, -0.1) is 0 Å². The van der Waals surface area contributed by atoms with Crippen molar-refractivity contribution in [1.82, 2.24) is 0 Å². The fourth-order valence-corrected chi connectivity index (χ4v) is 0.482. The summed E-state index contributed by atoms with van der Waals surface area (Å²) >= 11 is 0. The predicted molar refractivity (Wildman–Crippen MR) is 51.5 cm³/mol. The van der Waals surface area contributed by atoms with Crippen LogP contribution in [0.2, 0.25) is 0 Å². The number of carboxylic acids is 1. The molecule has 0 aliphatic heterocycles. The Morgan fingerprint density at radius 2 is 1.77 bits per heavy atom. The number of carbonyl (C=O) groups is 2. The van der Waals surface area contributed by atoms with Crippen LogP contribution in [0.5, 0.6) is 0 Å². The summed E-state index contributed by atoms with van der Waals surface area (Å²) in [5.74, 6) is -1.09. The Kier molecular flexibility index (Phi) is 10.3. The van der Waals surface area contributed by atoms with Crippen LogP contribution in [0.3, 0.4) is 0 Å². The van der Waals surface area contributed by atoms with Gasteiger partial charge in [-0.2, -0.15) is 0 Å². The van der Waals surface area contributed by atoms with E-state index in [1.807, 2.05) is 0 Å². The molecule has 0 fully saturated rings. The van der Waals surface area contributed by atoms with Crippen molar-refractivity contribution in [2.24, 2.45) is 5.73 Å². The standard InChI is InChI=1S/C6H11NO3.C3H8/c1-4(8)5(7)2-3-6(9)10;1-3-2/h5H,2-3,7H2,1H3,(H,9,10);3H2,1-2H3. The lowest BCUT2D eigenvalue weighted by Crippen LogP contribution is -2.28. The van der Waals surface area contributed by atoms with E-state index in [0.717, 1.165) is 0 Å². The lowest BCUT2D eigenvalue weighted by molar-refractivity contribution is -0.137. The number of carbonyl (C=O) groups excluding carboxylic acids is 1. The second-order valence-corrected chi connectivity index (χ2v) is 2.86. The van der Waals surface area contributed by atoms with Crippen LogP contribution in [0.25, 0.3) is 0 Å². The predicted octanol–water partition coefficient (Wildman–Crippen LogP) is 1.18.